The van der Waals surface area contributed by atoms with E-state index in [-0.39, 0.29) is 28.6 Å². The number of aliphatic hydroxyl groups is 1. The summed E-state index contributed by atoms with van der Waals surface area (Å²) in [6, 6.07) is 3.43. The van der Waals surface area contributed by atoms with Crippen LogP contribution in [-0.4, -0.2) is 72.4 Å². The molecule has 4 aromatic heterocycles. The fourth-order valence-corrected chi connectivity index (χ4v) is 6.91. The van der Waals surface area contributed by atoms with Crippen LogP contribution in [0.1, 0.15) is 24.0 Å². The topological polar surface area (TPSA) is 144 Å². The van der Waals surface area contributed by atoms with Crippen molar-refractivity contribution in [2.45, 2.75) is 24.4 Å². The number of hydrogen-bond donors (Lipinski definition) is 2. The van der Waals surface area contributed by atoms with Crippen LogP contribution in [0.3, 0.4) is 0 Å². The number of fused-ring (bicyclic) bond motifs is 1. The summed E-state index contributed by atoms with van der Waals surface area (Å²) in [5.41, 5.74) is 1.82. The molecule has 4 aromatic rings. The van der Waals surface area contributed by atoms with Gasteiger partial charge in [-0.2, -0.15) is 19.0 Å². The summed E-state index contributed by atoms with van der Waals surface area (Å²) >= 11 is 0. The van der Waals surface area contributed by atoms with E-state index in [0.29, 0.717) is 60.5 Å². The minimum atomic E-state index is -4.63. The molecule has 0 bridgehead atoms. The molecule has 16 heteroatoms. The molecule has 2 atom stereocenters. The highest BCUT2D eigenvalue weighted by atomic mass is 32.2. The van der Waals surface area contributed by atoms with Crippen molar-refractivity contribution in [2.75, 3.05) is 29.9 Å². The quantitative estimate of drug-likeness (QED) is 0.299. The molecule has 2 saturated carbocycles. The maximum atomic E-state index is 12.9. The number of pyridine rings is 1. The molecular formula is C27H24F3N9O3S. The van der Waals surface area contributed by atoms with Crippen molar-refractivity contribution in [1.82, 2.24) is 33.9 Å². The lowest BCUT2D eigenvalue weighted by Crippen LogP contribution is -2.25. The lowest BCUT2D eigenvalue weighted by Gasteiger charge is -2.23. The average Bonchev–Trinajstić information content (AvgIpc) is 3.70. The van der Waals surface area contributed by atoms with E-state index in [1.807, 2.05) is 0 Å². The van der Waals surface area contributed by atoms with Crippen molar-refractivity contribution in [2.24, 2.45) is 17.8 Å². The van der Waals surface area contributed by atoms with Crippen molar-refractivity contribution in [3.05, 3.63) is 60.4 Å². The Kier molecular flexibility index (Phi) is 6.40. The molecule has 1 saturated heterocycles. The number of alkyl halides is 3. The number of halogens is 3. The Labute approximate surface area is 243 Å². The Balaban J connectivity index is 1.15. The van der Waals surface area contributed by atoms with Gasteiger partial charge >= 0.3 is 6.30 Å². The van der Waals surface area contributed by atoms with Gasteiger partial charge in [0.25, 0.3) is 10.0 Å². The Morgan fingerprint density at radius 1 is 1.02 bits per heavy atom. The molecule has 43 heavy (non-hydrogen) atoms. The molecule has 12 nitrogen and oxygen atoms in total. The molecule has 0 aromatic carbocycles. The van der Waals surface area contributed by atoms with Crippen LogP contribution in [0.2, 0.25) is 0 Å². The van der Waals surface area contributed by atoms with Crippen molar-refractivity contribution in [1.29, 1.82) is 0 Å². The van der Waals surface area contributed by atoms with E-state index in [2.05, 4.69) is 47.2 Å². The summed E-state index contributed by atoms with van der Waals surface area (Å²) in [4.78, 5) is 15.3. The second-order valence-electron chi connectivity index (χ2n) is 10.8. The van der Waals surface area contributed by atoms with Gasteiger partial charge in [-0.25, -0.2) is 23.4 Å². The number of anilines is 3. The van der Waals surface area contributed by atoms with Gasteiger partial charge in [0.1, 0.15) is 11.6 Å². The minimum absolute atomic E-state index is 0.0980. The van der Waals surface area contributed by atoms with Gasteiger partial charge in [0.05, 0.1) is 46.2 Å². The summed E-state index contributed by atoms with van der Waals surface area (Å²) in [7, 11) is -3.52. The largest absolute Gasteiger partial charge is 0.504 e. The molecule has 7 rings (SSSR count). The summed E-state index contributed by atoms with van der Waals surface area (Å²) in [5.74, 6) is 7.83. The lowest BCUT2D eigenvalue weighted by atomic mass is 10.1. The van der Waals surface area contributed by atoms with Gasteiger partial charge in [0, 0.05) is 44.4 Å². The third-order valence-electron chi connectivity index (χ3n) is 7.93. The zero-order valence-corrected chi connectivity index (χ0v) is 23.2. The monoisotopic (exact) mass is 611 g/mol. The van der Waals surface area contributed by atoms with E-state index >= 15 is 0 Å². The summed E-state index contributed by atoms with van der Waals surface area (Å²) in [6.07, 6.45) is 4.36. The van der Waals surface area contributed by atoms with Crippen LogP contribution in [0.4, 0.5) is 30.5 Å². The summed E-state index contributed by atoms with van der Waals surface area (Å²) in [5, 5.41) is 19.6. The second kappa shape index (κ2) is 10.1. The van der Waals surface area contributed by atoms with E-state index < -0.39 is 21.6 Å². The van der Waals surface area contributed by atoms with E-state index in [1.54, 1.807) is 18.3 Å². The Hall–Kier alpha value is -4.49. The van der Waals surface area contributed by atoms with Gasteiger partial charge in [-0.15, -0.1) is 13.2 Å². The molecule has 222 valence electrons. The number of nitrogens with zero attached hydrogens (tertiary/aromatic N) is 8. The minimum Gasteiger partial charge on any atom is -0.396 e. The highest BCUT2D eigenvalue weighted by Gasteiger charge is 2.55. The van der Waals surface area contributed by atoms with Crippen LogP contribution < -0.4 is 10.2 Å². The standard InChI is InChI=1S/C27H24F3N9O3S/c28-27(29,30)38-11-16(8-33-38)1-2-17-9-32-25(7-23(17)37-13-20-21(14-37)22(20)15-40)35-24-5-6-31-26(36-24)18-10-34-39(12-18)43(41,42)19-3-4-19/h5-12,19-22,40H,3-4,13-15H2,(H,31,32,35,36). The second-order valence-corrected chi connectivity index (χ2v) is 12.9. The molecule has 3 aliphatic rings. The molecule has 2 aliphatic carbocycles. The van der Waals surface area contributed by atoms with Crippen LogP contribution in [-0.2, 0) is 16.3 Å². The van der Waals surface area contributed by atoms with Crippen molar-refractivity contribution in [3.8, 4) is 23.2 Å². The molecular weight excluding hydrogens is 587 g/mol. The predicted octanol–water partition coefficient (Wildman–Crippen LogP) is 2.57. The third-order valence-corrected chi connectivity index (χ3v) is 9.96. The number of rotatable bonds is 7. The highest BCUT2D eigenvalue weighted by molar-refractivity contribution is 7.90. The highest BCUT2D eigenvalue weighted by Crippen LogP contribution is 2.52. The first-order valence-corrected chi connectivity index (χ1v) is 15.0. The Morgan fingerprint density at radius 3 is 2.51 bits per heavy atom. The van der Waals surface area contributed by atoms with E-state index in [0.717, 1.165) is 22.2 Å². The third kappa shape index (κ3) is 5.30. The Morgan fingerprint density at radius 2 is 1.81 bits per heavy atom. The number of hydrogen-bond acceptors (Lipinski definition) is 10. The number of piperidine rings is 1. The van der Waals surface area contributed by atoms with Crippen LogP contribution in [0, 0.1) is 29.6 Å². The Bertz CT molecular complexity index is 1860. The van der Waals surface area contributed by atoms with E-state index in [1.165, 1.54) is 18.6 Å². The number of nitrogens with one attached hydrogen (secondary N) is 1. The number of aromatic nitrogens is 7. The molecule has 0 spiro atoms. The fraction of sp³-hybridized carbons (Fsp3) is 0.370. The average molecular weight is 612 g/mol. The van der Waals surface area contributed by atoms with Crippen molar-refractivity contribution < 1.29 is 26.7 Å². The zero-order valence-electron chi connectivity index (χ0n) is 22.3. The maximum Gasteiger partial charge on any atom is 0.504 e. The summed E-state index contributed by atoms with van der Waals surface area (Å²) < 4.78 is 64.7. The smallest absolute Gasteiger partial charge is 0.396 e. The maximum absolute atomic E-state index is 12.9. The van der Waals surface area contributed by atoms with Crippen molar-refractivity contribution in [3.63, 3.8) is 0 Å². The first-order chi connectivity index (χ1) is 20.6. The normalized spacial score (nSPS) is 21.3. The van der Waals surface area contributed by atoms with Crippen molar-refractivity contribution >= 4 is 27.3 Å². The lowest BCUT2D eigenvalue weighted by molar-refractivity contribution is -0.212. The first kappa shape index (κ1) is 27.3. The molecule has 0 radical (unpaired) electrons. The van der Waals surface area contributed by atoms with Gasteiger partial charge in [0.2, 0.25) is 0 Å². The van der Waals surface area contributed by atoms with Gasteiger partial charge in [-0.3, -0.25) is 0 Å². The molecule has 1 aliphatic heterocycles. The van der Waals surface area contributed by atoms with Gasteiger partial charge in [0.15, 0.2) is 5.82 Å². The molecule has 3 fully saturated rings. The fourth-order valence-electron chi connectivity index (χ4n) is 5.43. The van der Waals surface area contributed by atoms with Crippen LogP contribution in [0.25, 0.3) is 11.4 Å². The van der Waals surface area contributed by atoms with Gasteiger partial charge in [-0.1, -0.05) is 11.8 Å². The van der Waals surface area contributed by atoms with Crippen LogP contribution in [0.15, 0.2) is 49.3 Å². The molecule has 2 unspecified atom stereocenters. The SMILES string of the molecule is O=S(=O)(C1CC1)n1cc(-c2nccc(Nc3cc(N4CC5C(CO)C5C4)c(C#Cc4cnn(C(F)(F)F)c4)cn3)n2)cn1. The summed E-state index contributed by atoms with van der Waals surface area (Å²) in [6.45, 7) is 1.57. The van der Waals surface area contributed by atoms with Crippen LogP contribution in [0.5, 0.6) is 0 Å². The van der Waals surface area contributed by atoms with E-state index in [9.17, 15) is 26.7 Å². The van der Waals surface area contributed by atoms with Gasteiger partial charge in [-0.05, 0) is 36.7 Å². The van der Waals surface area contributed by atoms with Crippen LogP contribution >= 0.6 is 0 Å². The van der Waals surface area contributed by atoms with Gasteiger partial charge < -0.3 is 15.3 Å². The molecule has 2 N–H and O–H groups in total. The molecule has 5 heterocycles. The zero-order chi connectivity index (χ0) is 29.9. The first-order valence-electron chi connectivity index (χ1n) is 13.5. The van der Waals surface area contributed by atoms with E-state index in [4.69, 9.17) is 0 Å². The number of aliphatic hydroxyl groups excluding tert-OH is 1. The predicted molar refractivity (Wildman–Crippen MR) is 147 cm³/mol. The molecule has 0 amide bonds.